The third-order valence-electron chi connectivity index (χ3n) is 2.64. The number of nitrogen functional groups attached to an aromatic ring is 1. The minimum Gasteiger partial charge on any atom is -0.346 e. The van der Waals surface area contributed by atoms with Crippen LogP contribution >= 0.6 is 11.6 Å². The summed E-state index contributed by atoms with van der Waals surface area (Å²) in [6.07, 6.45) is 0. The Balaban J connectivity index is 2.52. The van der Waals surface area contributed by atoms with Gasteiger partial charge in [0.2, 0.25) is 0 Å². The van der Waals surface area contributed by atoms with Crippen molar-refractivity contribution in [1.82, 2.24) is 0 Å². The molecule has 0 amide bonds. The van der Waals surface area contributed by atoms with Gasteiger partial charge in [0.15, 0.2) is 5.82 Å². The molecule has 0 fully saturated rings. The Hall–Kier alpha value is -2.45. The first kappa shape index (κ1) is 14.9. The smallest absolute Gasteiger partial charge is 0.316 e. The lowest BCUT2D eigenvalue weighted by molar-refractivity contribution is -0.383. The number of nitro groups is 1. The molecule has 0 aliphatic rings. The molecule has 0 bridgehead atoms. The lowest BCUT2D eigenvalue weighted by Gasteiger charge is -2.12. The Morgan fingerprint density at radius 3 is 2.48 bits per heavy atom. The Labute approximate surface area is 122 Å². The van der Waals surface area contributed by atoms with E-state index in [0.29, 0.717) is 6.07 Å². The number of hydrogen-bond acceptors (Lipinski definition) is 5. The molecule has 0 unspecified atom stereocenters. The fraction of sp³-hybridized carbons (Fsp3) is 0. The monoisotopic (exact) mass is 314 g/mol. The second-order valence-corrected chi connectivity index (χ2v) is 4.38. The van der Waals surface area contributed by atoms with E-state index in [0.717, 1.165) is 6.07 Å². The molecule has 110 valence electrons. The van der Waals surface area contributed by atoms with Gasteiger partial charge in [0.25, 0.3) is 0 Å². The van der Waals surface area contributed by atoms with E-state index in [1.807, 2.05) is 0 Å². The molecule has 0 saturated carbocycles. The maximum atomic E-state index is 13.7. The van der Waals surface area contributed by atoms with Crippen molar-refractivity contribution in [3.8, 4) is 0 Å². The SMILES string of the molecule is NNc1cccc(Nc2c(F)cc(F)cc2Cl)c1[N+](=O)[O-]. The first-order chi connectivity index (χ1) is 9.93. The molecule has 0 heterocycles. The molecule has 0 radical (unpaired) electrons. The van der Waals surface area contributed by atoms with Crippen molar-refractivity contribution in [3.63, 3.8) is 0 Å². The molecule has 0 atom stereocenters. The summed E-state index contributed by atoms with van der Waals surface area (Å²) in [5, 5.41) is 13.3. The first-order valence-electron chi connectivity index (χ1n) is 5.59. The van der Waals surface area contributed by atoms with Gasteiger partial charge in [-0.1, -0.05) is 17.7 Å². The molecule has 0 saturated heterocycles. The number of para-hydroxylation sites is 1. The van der Waals surface area contributed by atoms with Crippen molar-refractivity contribution in [3.05, 3.63) is 57.1 Å². The summed E-state index contributed by atoms with van der Waals surface area (Å²) in [5.41, 5.74) is 1.51. The summed E-state index contributed by atoms with van der Waals surface area (Å²) < 4.78 is 26.7. The molecule has 0 aliphatic carbocycles. The highest BCUT2D eigenvalue weighted by molar-refractivity contribution is 6.33. The number of nitrogens with one attached hydrogen (secondary N) is 2. The minimum absolute atomic E-state index is 0.0312. The molecule has 6 nitrogen and oxygen atoms in total. The molecule has 2 rings (SSSR count). The van der Waals surface area contributed by atoms with Crippen LogP contribution in [0.25, 0.3) is 0 Å². The number of halogens is 3. The van der Waals surface area contributed by atoms with Crippen LogP contribution in [-0.2, 0) is 0 Å². The fourth-order valence-corrected chi connectivity index (χ4v) is 2.00. The minimum atomic E-state index is -0.972. The van der Waals surface area contributed by atoms with Crippen LogP contribution < -0.4 is 16.6 Å². The van der Waals surface area contributed by atoms with E-state index in [1.54, 1.807) is 0 Å². The number of nitro benzene ring substituents is 1. The number of rotatable bonds is 4. The Kier molecular flexibility index (Phi) is 4.20. The highest BCUT2D eigenvalue weighted by Gasteiger charge is 2.21. The average molecular weight is 315 g/mol. The second kappa shape index (κ2) is 5.90. The molecule has 9 heteroatoms. The molecule has 21 heavy (non-hydrogen) atoms. The van der Waals surface area contributed by atoms with Gasteiger partial charge < -0.3 is 10.7 Å². The van der Waals surface area contributed by atoms with E-state index in [9.17, 15) is 18.9 Å². The number of benzene rings is 2. The second-order valence-electron chi connectivity index (χ2n) is 3.97. The maximum Gasteiger partial charge on any atom is 0.316 e. The van der Waals surface area contributed by atoms with Crippen LogP contribution in [0.1, 0.15) is 0 Å². The van der Waals surface area contributed by atoms with Gasteiger partial charge in [-0.05, 0) is 18.2 Å². The summed E-state index contributed by atoms with van der Waals surface area (Å²) >= 11 is 5.74. The van der Waals surface area contributed by atoms with Crippen LogP contribution in [-0.4, -0.2) is 4.92 Å². The van der Waals surface area contributed by atoms with Crippen LogP contribution in [0.15, 0.2) is 30.3 Å². The molecular formula is C12H9ClF2N4O2. The number of nitrogens with zero attached hydrogens (tertiary/aromatic N) is 1. The zero-order valence-corrected chi connectivity index (χ0v) is 11.1. The summed E-state index contributed by atoms with van der Waals surface area (Å²) in [7, 11) is 0. The molecule has 0 aromatic heterocycles. The number of hydrogen-bond donors (Lipinski definition) is 3. The number of anilines is 3. The van der Waals surface area contributed by atoms with Gasteiger partial charge in [-0.2, -0.15) is 0 Å². The van der Waals surface area contributed by atoms with Gasteiger partial charge in [0.1, 0.15) is 17.2 Å². The number of nitrogens with two attached hydrogens (primary N) is 1. The van der Waals surface area contributed by atoms with Crippen molar-refractivity contribution in [2.45, 2.75) is 0 Å². The van der Waals surface area contributed by atoms with Crippen LogP contribution in [0.3, 0.4) is 0 Å². The zero-order chi connectivity index (χ0) is 15.6. The van der Waals surface area contributed by atoms with E-state index in [-0.39, 0.29) is 27.8 Å². The summed E-state index contributed by atoms with van der Waals surface area (Å²) in [4.78, 5) is 10.4. The van der Waals surface area contributed by atoms with Gasteiger partial charge >= 0.3 is 5.69 Å². The third kappa shape index (κ3) is 3.01. The van der Waals surface area contributed by atoms with E-state index in [1.165, 1.54) is 18.2 Å². The maximum absolute atomic E-state index is 13.7. The van der Waals surface area contributed by atoms with Crippen LogP contribution in [0.2, 0.25) is 5.02 Å². The van der Waals surface area contributed by atoms with Crippen molar-refractivity contribution < 1.29 is 13.7 Å². The molecule has 2 aromatic carbocycles. The van der Waals surface area contributed by atoms with Crippen molar-refractivity contribution >= 4 is 34.4 Å². The third-order valence-corrected chi connectivity index (χ3v) is 2.94. The topological polar surface area (TPSA) is 93.2 Å². The van der Waals surface area contributed by atoms with Crippen LogP contribution in [0.5, 0.6) is 0 Å². The van der Waals surface area contributed by atoms with E-state index in [4.69, 9.17) is 17.4 Å². The van der Waals surface area contributed by atoms with Gasteiger partial charge in [0, 0.05) is 6.07 Å². The van der Waals surface area contributed by atoms with Gasteiger partial charge in [-0.3, -0.25) is 16.0 Å². The standard InChI is InChI=1S/C12H9ClF2N4O2/c13-7-4-6(14)5-8(15)11(7)17-9-2-1-3-10(18-16)12(9)19(20)21/h1-5,17-18H,16H2. The summed E-state index contributed by atoms with van der Waals surface area (Å²) in [5.74, 6) is 3.37. The van der Waals surface area contributed by atoms with Crippen molar-refractivity contribution in [2.24, 2.45) is 5.84 Å². The van der Waals surface area contributed by atoms with E-state index < -0.39 is 16.6 Å². The van der Waals surface area contributed by atoms with Crippen LogP contribution in [0, 0.1) is 21.7 Å². The number of hydrazine groups is 1. The predicted octanol–water partition coefficient (Wildman–Crippen LogP) is 3.56. The first-order valence-corrected chi connectivity index (χ1v) is 5.97. The van der Waals surface area contributed by atoms with E-state index >= 15 is 0 Å². The van der Waals surface area contributed by atoms with Gasteiger partial charge in [0.05, 0.1) is 15.6 Å². The Morgan fingerprint density at radius 1 is 1.24 bits per heavy atom. The van der Waals surface area contributed by atoms with Gasteiger partial charge in [-0.15, -0.1) is 0 Å². The molecular weight excluding hydrogens is 306 g/mol. The van der Waals surface area contributed by atoms with Crippen LogP contribution in [0.4, 0.5) is 31.5 Å². The molecule has 0 aliphatic heterocycles. The van der Waals surface area contributed by atoms with Crippen molar-refractivity contribution in [2.75, 3.05) is 10.7 Å². The molecule has 2 aromatic rings. The quantitative estimate of drug-likeness (QED) is 0.456. The van der Waals surface area contributed by atoms with Gasteiger partial charge in [-0.25, -0.2) is 8.78 Å². The molecule has 4 N–H and O–H groups in total. The highest BCUT2D eigenvalue weighted by Crippen LogP contribution is 2.37. The zero-order valence-electron chi connectivity index (χ0n) is 10.4. The average Bonchev–Trinajstić information content (AvgIpc) is 2.42. The lowest BCUT2D eigenvalue weighted by atomic mass is 10.2. The highest BCUT2D eigenvalue weighted by atomic mass is 35.5. The largest absolute Gasteiger partial charge is 0.346 e. The molecule has 0 spiro atoms. The Morgan fingerprint density at radius 2 is 1.90 bits per heavy atom. The lowest BCUT2D eigenvalue weighted by Crippen LogP contribution is -2.10. The van der Waals surface area contributed by atoms with E-state index in [2.05, 4.69) is 10.7 Å². The summed E-state index contributed by atoms with van der Waals surface area (Å²) in [6.45, 7) is 0. The normalized spacial score (nSPS) is 10.3. The Bertz CT molecular complexity index is 689. The summed E-state index contributed by atoms with van der Waals surface area (Å²) in [6, 6.07) is 5.71. The van der Waals surface area contributed by atoms with Crippen molar-refractivity contribution in [1.29, 1.82) is 0 Å². The predicted molar refractivity (Wildman–Crippen MR) is 75.6 cm³/mol. The fourth-order valence-electron chi connectivity index (χ4n) is 1.75.